The fraction of sp³-hybridized carbons (Fsp3) is 0.118. The van der Waals surface area contributed by atoms with E-state index < -0.39 is 47.6 Å². The Kier molecular flexibility index (Phi) is 8.76. The van der Waals surface area contributed by atoms with Crippen LogP contribution in [0.3, 0.4) is 0 Å². The Morgan fingerprint density at radius 1 is 0.468 bits per heavy atom. The molecule has 4 nitrogen and oxygen atoms in total. The molecule has 0 fully saturated rings. The van der Waals surface area contributed by atoms with Crippen molar-refractivity contribution in [1.82, 2.24) is 0 Å². The van der Waals surface area contributed by atoms with E-state index in [0.29, 0.717) is 16.7 Å². The van der Waals surface area contributed by atoms with Gasteiger partial charge in [0.05, 0.1) is 6.42 Å². The number of benzene rings is 5. The molecule has 0 spiro atoms. The molecule has 4 N–H and O–H groups in total. The van der Waals surface area contributed by atoms with Crippen molar-refractivity contribution in [3.63, 3.8) is 0 Å². The van der Waals surface area contributed by atoms with E-state index in [1.165, 1.54) is 78.9 Å². The highest BCUT2D eigenvalue weighted by molar-refractivity contribution is 5.76. The third kappa shape index (κ3) is 8.10. The molecule has 0 aliphatic carbocycles. The number of hydrogen-bond donors (Lipinski definition) is 2. The van der Waals surface area contributed by atoms with E-state index in [1.807, 2.05) is 0 Å². The maximum Gasteiger partial charge on any atom is 0.420 e. The summed E-state index contributed by atoms with van der Waals surface area (Å²) in [6, 6.07) is 21.8. The van der Waals surface area contributed by atoms with E-state index in [0.717, 1.165) is 24.3 Å². The van der Waals surface area contributed by atoms with Crippen molar-refractivity contribution in [2.24, 2.45) is 0 Å². The largest absolute Gasteiger partial charge is 0.457 e. The van der Waals surface area contributed by atoms with Crippen LogP contribution in [0.5, 0.6) is 23.0 Å². The van der Waals surface area contributed by atoms with Crippen LogP contribution in [0.4, 0.5) is 50.9 Å². The molecular weight excluding hydrogens is 639 g/mol. The molecule has 0 atom stereocenters. The minimum absolute atomic E-state index is 0.00270. The van der Waals surface area contributed by atoms with Gasteiger partial charge in [-0.15, -0.1) is 0 Å². The second-order valence-electron chi connectivity index (χ2n) is 10.4. The molecule has 13 heteroatoms. The molecule has 0 unspecified atom stereocenters. The van der Waals surface area contributed by atoms with Gasteiger partial charge in [0.25, 0.3) is 0 Å². The van der Waals surface area contributed by atoms with Gasteiger partial charge in [0.2, 0.25) is 0 Å². The van der Waals surface area contributed by atoms with Gasteiger partial charge >= 0.3 is 18.5 Å². The van der Waals surface area contributed by atoms with Gasteiger partial charge < -0.3 is 20.9 Å². The maximum absolute atomic E-state index is 13.5. The first-order chi connectivity index (χ1) is 22.0. The molecule has 0 aromatic heterocycles. The van der Waals surface area contributed by atoms with Crippen LogP contribution in [0.15, 0.2) is 103 Å². The third-order valence-corrected chi connectivity index (χ3v) is 6.93. The van der Waals surface area contributed by atoms with E-state index in [-0.39, 0.29) is 34.0 Å². The van der Waals surface area contributed by atoms with Crippen LogP contribution in [-0.4, -0.2) is 6.18 Å². The maximum atomic E-state index is 13.5. The summed E-state index contributed by atoms with van der Waals surface area (Å²) >= 11 is 0. The van der Waals surface area contributed by atoms with Crippen molar-refractivity contribution in [1.29, 1.82) is 0 Å². The Bertz CT molecular complexity index is 1880. The van der Waals surface area contributed by atoms with Gasteiger partial charge in [-0.1, -0.05) is 36.4 Å². The average Bonchev–Trinajstić information content (AvgIpc) is 2.98. The average molecular weight is 663 g/mol. The molecule has 244 valence electrons. The van der Waals surface area contributed by atoms with Crippen molar-refractivity contribution in [2.75, 3.05) is 11.5 Å². The smallest absolute Gasteiger partial charge is 0.420 e. The summed E-state index contributed by atoms with van der Waals surface area (Å²) in [6.45, 7) is 0. The topological polar surface area (TPSA) is 70.5 Å². The summed E-state index contributed by atoms with van der Waals surface area (Å²) in [6.07, 6.45) is -15.3. The Morgan fingerprint density at radius 3 is 1.32 bits per heavy atom. The summed E-state index contributed by atoms with van der Waals surface area (Å²) in [4.78, 5) is 0. The van der Waals surface area contributed by atoms with Crippen LogP contribution in [0.1, 0.15) is 16.7 Å². The number of nitrogens with two attached hydrogens (primary N) is 2. The molecule has 5 aromatic rings. The van der Waals surface area contributed by atoms with Gasteiger partial charge in [-0.25, -0.2) is 0 Å². The second kappa shape index (κ2) is 12.5. The number of ether oxygens (including phenoxy) is 2. The molecule has 0 bridgehead atoms. The highest BCUT2D eigenvalue weighted by atomic mass is 19.4. The van der Waals surface area contributed by atoms with Gasteiger partial charge in [-0.05, 0) is 94.5 Å². The number of anilines is 2. The fourth-order valence-electron chi connectivity index (χ4n) is 4.78. The van der Waals surface area contributed by atoms with E-state index in [4.69, 9.17) is 20.9 Å². The van der Waals surface area contributed by atoms with Gasteiger partial charge in [0, 0.05) is 11.4 Å². The lowest BCUT2D eigenvalue weighted by Gasteiger charge is -2.16. The number of alkyl halides is 9. The molecule has 5 aromatic carbocycles. The second-order valence-corrected chi connectivity index (χ2v) is 10.4. The Morgan fingerprint density at radius 2 is 0.894 bits per heavy atom. The predicted molar refractivity (Wildman–Crippen MR) is 159 cm³/mol. The summed E-state index contributed by atoms with van der Waals surface area (Å²) in [5.41, 5.74) is 10.1. The lowest BCUT2D eigenvalue weighted by atomic mass is 9.93. The van der Waals surface area contributed by atoms with Crippen LogP contribution >= 0.6 is 0 Å². The quantitative estimate of drug-likeness (QED) is 0.134. The summed E-state index contributed by atoms with van der Waals surface area (Å²) in [5, 5.41) is 0. The third-order valence-electron chi connectivity index (χ3n) is 6.93. The highest BCUT2D eigenvalue weighted by Crippen LogP contribution is 2.42. The van der Waals surface area contributed by atoms with Crippen molar-refractivity contribution in [3.05, 3.63) is 120 Å². The monoisotopic (exact) mass is 662 g/mol. The molecular formula is C34H23F9N2O2. The normalized spacial score (nSPS) is 12.2. The lowest BCUT2D eigenvalue weighted by Crippen LogP contribution is -2.12. The number of rotatable bonds is 7. The minimum Gasteiger partial charge on any atom is -0.457 e. The first-order valence-electron chi connectivity index (χ1n) is 13.7. The SMILES string of the molecule is Nc1ccc(Oc2ccc(-c3ccc(CC(F)(F)F)c(-c4ccc(Oc5ccc(N)cc5C(F)(F)F)cc4)c3)cc2)c(C(F)(F)F)c1. The molecule has 0 saturated heterocycles. The number of halogens is 9. The Balaban J connectivity index is 1.44. The standard InChI is InChI=1S/C34H23F9N2O2/c35-32(36,37)18-22-2-1-21(19-3-9-25(10-4-19)46-30-13-7-23(44)16-28(30)33(38,39)40)15-27(22)20-5-11-26(12-6-20)47-31-14-8-24(45)17-29(31)34(41,42)43/h1-17H,18,44-45H2. The predicted octanol–water partition coefficient (Wildman–Crippen LogP) is 10.9. The first kappa shape index (κ1) is 33.0. The van der Waals surface area contributed by atoms with Crippen molar-refractivity contribution in [2.45, 2.75) is 24.9 Å². The first-order valence-corrected chi connectivity index (χ1v) is 13.7. The van der Waals surface area contributed by atoms with E-state index in [1.54, 1.807) is 0 Å². The minimum atomic E-state index is -4.75. The number of hydrogen-bond acceptors (Lipinski definition) is 4. The van der Waals surface area contributed by atoms with Crippen molar-refractivity contribution in [3.8, 4) is 45.3 Å². The van der Waals surface area contributed by atoms with Crippen LogP contribution in [0, 0.1) is 0 Å². The van der Waals surface area contributed by atoms with Gasteiger partial charge in [-0.3, -0.25) is 0 Å². The zero-order valence-corrected chi connectivity index (χ0v) is 23.9. The molecule has 47 heavy (non-hydrogen) atoms. The van der Waals surface area contributed by atoms with E-state index >= 15 is 0 Å². The van der Waals surface area contributed by atoms with Gasteiger partial charge in [0.1, 0.15) is 34.1 Å². The summed E-state index contributed by atoms with van der Waals surface area (Å²) in [7, 11) is 0. The molecule has 5 rings (SSSR count). The Hall–Kier alpha value is -5.33. The van der Waals surface area contributed by atoms with Gasteiger partial charge in [0.15, 0.2) is 0 Å². The van der Waals surface area contributed by atoms with Crippen LogP contribution in [-0.2, 0) is 18.8 Å². The van der Waals surface area contributed by atoms with Crippen molar-refractivity contribution >= 4 is 11.4 Å². The highest BCUT2D eigenvalue weighted by Gasteiger charge is 2.36. The van der Waals surface area contributed by atoms with Crippen LogP contribution in [0.2, 0.25) is 0 Å². The van der Waals surface area contributed by atoms with Gasteiger partial charge in [-0.2, -0.15) is 39.5 Å². The lowest BCUT2D eigenvalue weighted by molar-refractivity contribution is -0.139. The van der Waals surface area contributed by atoms with Crippen LogP contribution < -0.4 is 20.9 Å². The zero-order valence-electron chi connectivity index (χ0n) is 23.9. The molecule has 0 aliphatic rings. The zero-order chi connectivity index (χ0) is 34.1. The summed E-state index contributed by atoms with van der Waals surface area (Å²) in [5.74, 6) is -0.888. The van der Waals surface area contributed by atoms with Crippen LogP contribution in [0.25, 0.3) is 22.3 Å². The molecule has 0 saturated carbocycles. The Labute approximate surface area is 262 Å². The van der Waals surface area contributed by atoms with Crippen molar-refractivity contribution < 1.29 is 49.0 Å². The van der Waals surface area contributed by atoms with E-state index in [9.17, 15) is 39.5 Å². The van der Waals surface area contributed by atoms with E-state index in [2.05, 4.69) is 0 Å². The molecule has 0 radical (unpaired) electrons. The summed E-state index contributed by atoms with van der Waals surface area (Å²) < 4.78 is 132. The molecule has 0 heterocycles. The fourth-order valence-corrected chi connectivity index (χ4v) is 4.78. The molecule has 0 amide bonds. The molecule has 0 aliphatic heterocycles. The number of nitrogen functional groups attached to an aromatic ring is 2.